The van der Waals surface area contributed by atoms with Crippen molar-refractivity contribution in [3.8, 4) is 11.5 Å². The van der Waals surface area contributed by atoms with Crippen molar-refractivity contribution < 1.29 is 22.7 Å². The van der Waals surface area contributed by atoms with E-state index < -0.39 is 10.0 Å². The molecule has 2 N–H and O–H groups in total. The highest BCUT2D eigenvalue weighted by atomic mass is 32.2. The fourth-order valence-corrected chi connectivity index (χ4v) is 5.89. The number of fused-ring (bicyclic) bond motifs is 1. The first-order valence-corrected chi connectivity index (χ1v) is 12.0. The highest BCUT2D eigenvalue weighted by Crippen LogP contribution is 2.42. The number of hydrogen-bond donors (Lipinski definition) is 2. The van der Waals surface area contributed by atoms with Gasteiger partial charge in [-0.25, -0.2) is 13.1 Å². The standard InChI is InChI=1S/C20H24N2O5S2/c23-19(21-14-20(7-1-2-8-20)18-4-3-11-28-18)13-22-29(24,25)15-5-6-16-17(12-15)27-10-9-26-16/h3-6,11-12,22H,1-2,7-10,13-14H2,(H,21,23). The number of ether oxygens (including phenoxy) is 2. The van der Waals surface area contributed by atoms with Gasteiger partial charge in [-0.05, 0) is 36.4 Å². The Hall–Kier alpha value is -2.10. The van der Waals surface area contributed by atoms with Crippen LogP contribution in [0.1, 0.15) is 30.6 Å². The van der Waals surface area contributed by atoms with Gasteiger partial charge in [0, 0.05) is 22.9 Å². The van der Waals surface area contributed by atoms with Crippen LogP contribution in [0.25, 0.3) is 0 Å². The van der Waals surface area contributed by atoms with Gasteiger partial charge in [-0.2, -0.15) is 0 Å². The lowest BCUT2D eigenvalue weighted by molar-refractivity contribution is -0.120. The Morgan fingerprint density at radius 3 is 2.59 bits per heavy atom. The maximum atomic E-state index is 12.5. The molecule has 0 saturated heterocycles. The minimum absolute atomic E-state index is 0.0292. The van der Waals surface area contributed by atoms with Gasteiger partial charge in [-0.3, -0.25) is 4.79 Å². The molecule has 1 saturated carbocycles. The molecular weight excluding hydrogens is 412 g/mol. The summed E-state index contributed by atoms with van der Waals surface area (Å²) in [7, 11) is -3.83. The van der Waals surface area contributed by atoms with Crippen LogP contribution in [0.15, 0.2) is 40.6 Å². The summed E-state index contributed by atoms with van der Waals surface area (Å²) in [5.41, 5.74) is -0.0292. The van der Waals surface area contributed by atoms with E-state index in [0.29, 0.717) is 31.3 Å². The number of carbonyl (C=O) groups excluding carboxylic acids is 1. The predicted octanol–water partition coefficient (Wildman–Crippen LogP) is 2.43. The van der Waals surface area contributed by atoms with Gasteiger partial charge in [-0.1, -0.05) is 18.9 Å². The molecule has 7 nitrogen and oxygen atoms in total. The zero-order chi connectivity index (χ0) is 20.3. The van der Waals surface area contributed by atoms with E-state index in [1.165, 1.54) is 17.0 Å². The number of rotatable bonds is 7. The molecule has 1 fully saturated rings. The molecule has 0 atom stereocenters. The third kappa shape index (κ3) is 4.41. The summed E-state index contributed by atoms with van der Waals surface area (Å²) in [6, 6.07) is 8.57. The van der Waals surface area contributed by atoms with Gasteiger partial charge in [0.25, 0.3) is 0 Å². The average Bonchev–Trinajstić information content (AvgIpc) is 3.43. The molecule has 0 unspecified atom stereocenters. The van der Waals surface area contributed by atoms with E-state index in [4.69, 9.17) is 9.47 Å². The van der Waals surface area contributed by atoms with Crippen molar-refractivity contribution >= 4 is 27.3 Å². The second-order valence-corrected chi connectivity index (χ2v) is 10.1. The molecule has 0 spiro atoms. The van der Waals surface area contributed by atoms with E-state index >= 15 is 0 Å². The van der Waals surface area contributed by atoms with Crippen LogP contribution in [0.3, 0.4) is 0 Å². The Labute approximate surface area is 174 Å². The monoisotopic (exact) mass is 436 g/mol. The quantitative estimate of drug-likeness (QED) is 0.695. The van der Waals surface area contributed by atoms with Crippen LogP contribution < -0.4 is 19.5 Å². The van der Waals surface area contributed by atoms with Crippen LogP contribution >= 0.6 is 11.3 Å². The summed E-state index contributed by atoms with van der Waals surface area (Å²) in [5.74, 6) is 0.569. The Balaban J connectivity index is 1.35. The molecule has 9 heteroatoms. The van der Waals surface area contributed by atoms with Crippen LogP contribution in [0, 0.1) is 0 Å². The Bertz CT molecular complexity index is 967. The number of thiophene rings is 1. The van der Waals surface area contributed by atoms with Crippen molar-refractivity contribution in [3.63, 3.8) is 0 Å². The van der Waals surface area contributed by atoms with Crippen LogP contribution in [0.5, 0.6) is 11.5 Å². The number of carbonyl (C=O) groups is 1. The lowest BCUT2D eigenvalue weighted by Gasteiger charge is -2.28. The molecule has 156 valence electrons. The SMILES string of the molecule is O=C(CNS(=O)(=O)c1ccc2c(c1)OCCO2)NCC1(c2cccs2)CCCC1. The molecule has 0 radical (unpaired) electrons. The van der Waals surface area contributed by atoms with Gasteiger partial charge in [0.05, 0.1) is 11.4 Å². The first-order chi connectivity index (χ1) is 14.0. The van der Waals surface area contributed by atoms with Crippen LogP contribution in [0.4, 0.5) is 0 Å². The molecule has 2 aromatic rings. The fraction of sp³-hybridized carbons (Fsp3) is 0.450. The van der Waals surface area contributed by atoms with Crippen molar-refractivity contribution in [1.82, 2.24) is 10.0 Å². The van der Waals surface area contributed by atoms with Crippen LogP contribution in [-0.4, -0.2) is 40.6 Å². The third-order valence-corrected chi connectivity index (χ3v) is 7.99. The molecule has 0 bridgehead atoms. The minimum Gasteiger partial charge on any atom is -0.486 e. The molecule has 1 aliphatic heterocycles. The smallest absolute Gasteiger partial charge is 0.241 e. The summed E-state index contributed by atoms with van der Waals surface area (Å²) in [6.45, 7) is 1.03. The lowest BCUT2D eigenvalue weighted by Crippen LogP contribution is -2.43. The third-order valence-electron chi connectivity index (χ3n) is 5.48. The fourth-order valence-electron chi connectivity index (χ4n) is 3.91. The number of benzene rings is 1. The summed E-state index contributed by atoms with van der Waals surface area (Å²) in [4.78, 5) is 13.7. The molecule has 1 aromatic carbocycles. The topological polar surface area (TPSA) is 93.7 Å². The normalized spacial score (nSPS) is 17.8. The Kier molecular flexibility index (Phi) is 5.80. The molecule has 2 aliphatic rings. The molecule has 2 heterocycles. The van der Waals surface area contributed by atoms with Crippen molar-refractivity contribution in [1.29, 1.82) is 0 Å². The molecule has 1 amide bonds. The number of hydrogen-bond acceptors (Lipinski definition) is 6. The number of nitrogens with one attached hydrogen (secondary N) is 2. The van der Waals surface area contributed by atoms with E-state index in [1.54, 1.807) is 17.4 Å². The molecule has 29 heavy (non-hydrogen) atoms. The summed E-state index contributed by atoms with van der Waals surface area (Å²) >= 11 is 1.71. The summed E-state index contributed by atoms with van der Waals surface area (Å²) in [5, 5.41) is 4.98. The molecule has 1 aromatic heterocycles. The van der Waals surface area contributed by atoms with Crippen LogP contribution in [0.2, 0.25) is 0 Å². The van der Waals surface area contributed by atoms with Gasteiger partial charge in [-0.15, -0.1) is 11.3 Å². The highest BCUT2D eigenvalue weighted by molar-refractivity contribution is 7.89. The van der Waals surface area contributed by atoms with Crippen molar-refractivity contribution in [2.45, 2.75) is 36.0 Å². The maximum absolute atomic E-state index is 12.5. The van der Waals surface area contributed by atoms with Crippen molar-refractivity contribution in [2.75, 3.05) is 26.3 Å². The first kappa shape index (κ1) is 20.2. The van der Waals surface area contributed by atoms with E-state index in [2.05, 4.69) is 21.5 Å². The van der Waals surface area contributed by atoms with Crippen LogP contribution in [-0.2, 0) is 20.2 Å². The zero-order valence-electron chi connectivity index (χ0n) is 16.0. The highest BCUT2D eigenvalue weighted by Gasteiger charge is 2.36. The van der Waals surface area contributed by atoms with E-state index in [0.717, 1.165) is 25.7 Å². The molecule has 4 rings (SSSR count). The molecule has 1 aliphatic carbocycles. The van der Waals surface area contributed by atoms with Gasteiger partial charge < -0.3 is 14.8 Å². The zero-order valence-corrected chi connectivity index (χ0v) is 17.6. The largest absolute Gasteiger partial charge is 0.486 e. The first-order valence-electron chi connectivity index (χ1n) is 9.69. The second kappa shape index (κ2) is 8.33. The van der Waals surface area contributed by atoms with E-state index in [9.17, 15) is 13.2 Å². The van der Waals surface area contributed by atoms with Crippen molar-refractivity contribution in [2.24, 2.45) is 0 Å². The Morgan fingerprint density at radius 2 is 1.86 bits per heavy atom. The van der Waals surface area contributed by atoms with Crippen molar-refractivity contribution in [3.05, 3.63) is 40.6 Å². The lowest BCUT2D eigenvalue weighted by atomic mass is 9.84. The Morgan fingerprint density at radius 1 is 1.10 bits per heavy atom. The van der Waals surface area contributed by atoms with Gasteiger partial charge in [0.15, 0.2) is 11.5 Å². The number of amides is 1. The van der Waals surface area contributed by atoms with Gasteiger partial charge in [0.1, 0.15) is 13.2 Å². The maximum Gasteiger partial charge on any atom is 0.241 e. The summed E-state index contributed by atoms with van der Waals surface area (Å²) in [6.07, 6.45) is 4.36. The van der Waals surface area contributed by atoms with E-state index in [1.807, 2.05) is 6.07 Å². The van der Waals surface area contributed by atoms with Gasteiger partial charge >= 0.3 is 0 Å². The van der Waals surface area contributed by atoms with Gasteiger partial charge in [0.2, 0.25) is 15.9 Å². The number of sulfonamides is 1. The minimum atomic E-state index is -3.83. The predicted molar refractivity (Wildman–Crippen MR) is 110 cm³/mol. The molecular formula is C20H24N2O5S2. The summed E-state index contributed by atoms with van der Waals surface area (Å²) < 4.78 is 38.3. The van der Waals surface area contributed by atoms with E-state index in [-0.39, 0.29) is 22.8 Å². The second-order valence-electron chi connectivity index (χ2n) is 7.37. The average molecular weight is 437 g/mol.